The summed E-state index contributed by atoms with van der Waals surface area (Å²) in [5.41, 5.74) is 6.10. The van der Waals surface area contributed by atoms with Crippen LogP contribution < -0.4 is 0 Å². The Kier molecular flexibility index (Phi) is 6.50. The standard InChI is InChI=1S/C26H32N4O/c1-19-6-4-7-22(14-19)16-23-15-20(2)28-25(17-23)24-8-5-11-30(18-24)26(31)9-12-29-13-10-27-21(29)3/h4,6-7,10,13-15,17,24H,5,8-9,11-12,16,18H2,1-3H3. The molecule has 0 spiro atoms. The van der Waals surface area contributed by atoms with Crippen LogP contribution in [0.25, 0.3) is 0 Å². The molecular formula is C26H32N4O. The Morgan fingerprint density at radius 1 is 1.13 bits per heavy atom. The number of nitrogens with zero attached hydrogens (tertiary/aromatic N) is 4. The van der Waals surface area contributed by atoms with E-state index >= 15 is 0 Å². The molecule has 3 aromatic rings. The lowest BCUT2D eigenvalue weighted by Crippen LogP contribution is -2.39. The highest BCUT2D eigenvalue weighted by molar-refractivity contribution is 5.76. The largest absolute Gasteiger partial charge is 0.342 e. The van der Waals surface area contributed by atoms with Crippen LogP contribution in [-0.2, 0) is 17.8 Å². The molecule has 0 radical (unpaired) electrons. The molecule has 4 rings (SSSR count). The van der Waals surface area contributed by atoms with Crippen LogP contribution in [0.2, 0.25) is 0 Å². The van der Waals surface area contributed by atoms with Gasteiger partial charge in [-0.2, -0.15) is 0 Å². The summed E-state index contributed by atoms with van der Waals surface area (Å²) in [4.78, 5) is 24.0. The third-order valence-electron chi connectivity index (χ3n) is 6.21. The molecule has 1 atom stereocenters. The van der Waals surface area contributed by atoms with Crippen LogP contribution in [-0.4, -0.2) is 38.4 Å². The molecule has 1 fully saturated rings. The predicted octanol–water partition coefficient (Wildman–Crippen LogP) is 4.59. The van der Waals surface area contributed by atoms with Crippen molar-refractivity contribution >= 4 is 5.91 Å². The Labute approximate surface area is 185 Å². The first kappa shape index (κ1) is 21.3. The molecule has 5 nitrogen and oxygen atoms in total. The zero-order valence-corrected chi connectivity index (χ0v) is 18.8. The Morgan fingerprint density at radius 2 is 2.00 bits per heavy atom. The minimum Gasteiger partial charge on any atom is -0.342 e. The van der Waals surface area contributed by atoms with Crippen molar-refractivity contribution in [1.29, 1.82) is 0 Å². The second-order valence-corrected chi connectivity index (χ2v) is 8.80. The van der Waals surface area contributed by atoms with Gasteiger partial charge in [-0.25, -0.2) is 4.98 Å². The van der Waals surface area contributed by atoms with Crippen molar-refractivity contribution < 1.29 is 4.79 Å². The fraction of sp³-hybridized carbons (Fsp3) is 0.423. The van der Waals surface area contributed by atoms with Crippen molar-refractivity contribution in [3.63, 3.8) is 0 Å². The van der Waals surface area contributed by atoms with Crippen LogP contribution >= 0.6 is 0 Å². The summed E-state index contributed by atoms with van der Waals surface area (Å²) in [6.07, 6.45) is 7.28. The Balaban J connectivity index is 1.43. The quantitative estimate of drug-likeness (QED) is 0.590. The van der Waals surface area contributed by atoms with Gasteiger partial charge in [0.05, 0.1) is 0 Å². The smallest absolute Gasteiger partial charge is 0.224 e. The van der Waals surface area contributed by atoms with E-state index in [-0.39, 0.29) is 5.91 Å². The number of aryl methyl sites for hydroxylation is 4. The molecule has 31 heavy (non-hydrogen) atoms. The summed E-state index contributed by atoms with van der Waals surface area (Å²) >= 11 is 0. The number of benzene rings is 1. The first-order chi connectivity index (χ1) is 15.0. The Hall–Kier alpha value is -2.95. The van der Waals surface area contributed by atoms with Crippen molar-refractivity contribution in [2.45, 2.75) is 58.9 Å². The maximum Gasteiger partial charge on any atom is 0.224 e. The SMILES string of the molecule is Cc1cccc(Cc2cc(C)nc(C3CCCN(C(=O)CCn4ccnc4C)C3)c2)c1. The minimum absolute atomic E-state index is 0.227. The van der Waals surface area contributed by atoms with Gasteiger partial charge in [0.15, 0.2) is 0 Å². The van der Waals surface area contributed by atoms with Gasteiger partial charge in [0, 0.05) is 55.8 Å². The van der Waals surface area contributed by atoms with E-state index in [1.165, 1.54) is 16.7 Å². The van der Waals surface area contributed by atoms with Gasteiger partial charge in [-0.3, -0.25) is 9.78 Å². The lowest BCUT2D eigenvalue weighted by molar-refractivity contribution is -0.132. The van der Waals surface area contributed by atoms with E-state index in [2.05, 4.69) is 55.2 Å². The van der Waals surface area contributed by atoms with Gasteiger partial charge in [0.1, 0.15) is 5.82 Å². The summed E-state index contributed by atoms with van der Waals surface area (Å²) in [7, 11) is 0. The molecule has 1 aliphatic rings. The number of piperidine rings is 1. The summed E-state index contributed by atoms with van der Waals surface area (Å²) in [6, 6.07) is 13.1. The summed E-state index contributed by atoms with van der Waals surface area (Å²) in [6.45, 7) is 8.48. The van der Waals surface area contributed by atoms with E-state index in [9.17, 15) is 4.79 Å². The number of amides is 1. The first-order valence-electron chi connectivity index (χ1n) is 11.3. The minimum atomic E-state index is 0.227. The Morgan fingerprint density at radius 3 is 2.77 bits per heavy atom. The highest BCUT2D eigenvalue weighted by Crippen LogP contribution is 2.27. The molecule has 1 saturated heterocycles. The van der Waals surface area contributed by atoms with E-state index in [0.717, 1.165) is 49.6 Å². The summed E-state index contributed by atoms with van der Waals surface area (Å²) in [5.74, 6) is 1.49. The molecule has 1 unspecified atom stereocenters. The molecule has 1 aromatic carbocycles. The normalized spacial score (nSPS) is 16.5. The van der Waals surface area contributed by atoms with Gasteiger partial charge in [0.2, 0.25) is 5.91 Å². The van der Waals surface area contributed by atoms with E-state index in [0.29, 0.717) is 18.9 Å². The fourth-order valence-electron chi connectivity index (χ4n) is 4.60. The van der Waals surface area contributed by atoms with E-state index in [1.807, 2.05) is 22.6 Å². The predicted molar refractivity (Wildman–Crippen MR) is 123 cm³/mol. The lowest BCUT2D eigenvalue weighted by atomic mass is 9.92. The number of aromatic nitrogens is 3. The van der Waals surface area contributed by atoms with Gasteiger partial charge in [-0.1, -0.05) is 29.8 Å². The number of carbonyl (C=O) groups is 1. The van der Waals surface area contributed by atoms with E-state index < -0.39 is 0 Å². The zero-order chi connectivity index (χ0) is 21.8. The third-order valence-corrected chi connectivity index (χ3v) is 6.21. The summed E-state index contributed by atoms with van der Waals surface area (Å²) < 4.78 is 2.04. The molecule has 0 bridgehead atoms. The monoisotopic (exact) mass is 416 g/mol. The topological polar surface area (TPSA) is 51.0 Å². The first-order valence-corrected chi connectivity index (χ1v) is 11.3. The van der Waals surface area contributed by atoms with Gasteiger partial charge in [-0.05, 0) is 63.3 Å². The molecule has 0 saturated carbocycles. The van der Waals surface area contributed by atoms with Gasteiger partial charge in [-0.15, -0.1) is 0 Å². The van der Waals surface area contributed by atoms with Crippen LogP contribution in [0.1, 0.15) is 59.1 Å². The third kappa shape index (κ3) is 5.40. The van der Waals surface area contributed by atoms with E-state index in [4.69, 9.17) is 4.98 Å². The van der Waals surface area contributed by atoms with Crippen molar-refractivity contribution in [3.8, 4) is 0 Å². The number of imidazole rings is 1. The fourth-order valence-corrected chi connectivity index (χ4v) is 4.60. The molecule has 162 valence electrons. The lowest BCUT2D eigenvalue weighted by Gasteiger charge is -2.33. The molecule has 5 heteroatoms. The van der Waals surface area contributed by atoms with Crippen LogP contribution in [0.3, 0.4) is 0 Å². The number of rotatable bonds is 6. The Bertz CT molecular complexity index is 1060. The van der Waals surface area contributed by atoms with Crippen LogP contribution in [0.4, 0.5) is 0 Å². The molecule has 0 aliphatic carbocycles. The maximum atomic E-state index is 12.9. The summed E-state index contributed by atoms with van der Waals surface area (Å²) in [5, 5.41) is 0. The second kappa shape index (κ2) is 9.46. The molecule has 1 aliphatic heterocycles. The van der Waals surface area contributed by atoms with Gasteiger partial charge in [0.25, 0.3) is 0 Å². The highest BCUT2D eigenvalue weighted by atomic mass is 16.2. The maximum absolute atomic E-state index is 12.9. The van der Waals surface area contributed by atoms with Crippen molar-refractivity contribution in [1.82, 2.24) is 19.4 Å². The van der Waals surface area contributed by atoms with Crippen LogP contribution in [0, 0.1) is 20.8 Å². The number of likely N-dealkylation sites (tertiary alicyclic amines) is 1. The van der Waals surface area contributed by atoms with Crippen molar-refractivity contribution in [2.24, 2.45) is 0 Å². The van der Waals surface area contributed by atoms with Gasteiger partial charge >= 0.3 is 0 Å². The van der Waals surface area contributed by atoms with Gasteiger partial charge < -0.3 is 9.47 Å². The average Bonchev–Trinajstić information content (AvgIpc) is 3.16. The van der Waals surface area contributed by atoms with Crippen LogP contribution in [0.15, 0.2) is 48.8 Å². The van der Waals surface area contributed by atoms with Crippen LogP contribution in [0.5, 0.6) is 0 Å². The number of hydrogen-bond acceptors (Lipinski definition) is 3. The number of hydrogen-bond donors (Lipinski definition) is 0. The zero-order valence-electron chi connectivity index (χ0n) is 18.8. The number of pyridine rings is 1. The van der Waals surface area contributed by atoms with Crippen molar-refractivity contribution in [3.05, 3.63) is 82.7 Å². The highest BCUT2D eigenvalue weighted by Gasteiger charge is 2.26. The van der Waals surface area contributed by atoms with E-state index in [1.54, 1.807) is 6.20 Å². The molecular weight excluding hydrogens is 384 g/mol. The molecule has 1 amide bonds. The average molecular weight is 417 g/mol. The second-order valence-electron chi connectivity index (χ2n) is 8.80. The van der Waals surface area contributed by atoms with Crippen molar-refractivity contribution in [2.75, 3.05) is 13.1 Å². The molecule has 0 N–H and O–H groups in total. The molecule has 3 heterocycles. The molecule has 2 aromatic heterocycles. The number of carbonyl (C=O) groups excluding carboxylic acids is 1.